The molecule has 0 radical (unpaired) electrons. The molecule has 1 aliphatic rings. The number of hydrogen-bond donors (Lipinski definition) is 1. The Morgan fingerprint density at radius 3 is 2.97 bits per heavy atom. The molecule has 3 heterocycles. The molecule has 1 aliphatic heterocycles. The average molecular weight is 396 g/mol. The SMILES string of the molecule is CN(CC[C@H]1CCCCO1)C(=O)CCc1nnc(Cc2c[nH]c3ccccc23)o1. The van der Waals surface area contributed by atoms with Crippen LogP contribution in [0.2, 0.25) is 0 Å². The van der Waals surface area contributed by atoms with Gasteiger partial charge in [-0.05, 0) is 37.3 Å². The number of ether oxygens (including phenoxy) is 1. The van der Waals surface area contributed by atoms with E-state index in [2.05, 4.69) is 21.2 Å². The fourth-order valence-electron chi connectivity index (χ4n) is 3.80. The van der Waals surface area contributed by atoms with Gasteiger partial charge in [0.05, 0.1) is 12.5 Å². The fraction of sp³-hybridized carbons (Fsp3) is 0.500. The summed E-state index contributed by atoms with van der Waals surface area (Å²) >= 11 is 0. The van der Waals surface area contributed by atoms with Gasteiger partial charge in [0.2, 0.25) is 17.7 Å². The van der Waals surface area contributed by atoms with E-state index in [-0.39, 0.29) is 5.91 Å². The van der Waals surface area contributed by atoms with Crippen molar-refractivity contribution in [2.75, 3.05) is 20.2 Å². The second-order valence-electron chi connectivity index (χ2n) is 7.72. The van der Waals surface area contributed by atoms with E-state index in [0.717, 1.165) is 48.9 Å². The molecule has 1 atom stereocenters. The molecule has 154 valence electrons. The highest BCUT2D eigenvalue weighted by atomic mass is 16.5. The first-order valence-corrected chi connectivity index (χ1v) is 10.4. The fourth-order valence-corrected chi connectivity index (χ4v) is 3.80. The number of amides is 1. The van der Waals surface area contributed by atoms with Crippen molar-refractivity contribution in [2.24, 2.45) is 0 Å². The maximum Gasteiger partial charge on any atom is 0.222 e. The van der Waals surface area contributed by atoms with Gasteiger partial charge in [-0.25, -0.2) is 0 Å². The lowest BCUT2D eigenvalue weighted by atomic mass is 10.1. The molecule has 29 heavy (non-hydrogen) atoms. The first-order valence-electron chi connectivity index (χ1n) is 10.4. The van der Waals surface area contributed by atoms with Crippen LogP contribution >= 0.6 is 0 Å². The van der Waals surface area contributed by atoms with Gasteiger partial charge in [0.1, 0.15) is 0 Å². The van der Waals surface area contributed by atoms with Crippen molar-refractivity contribution in [3.63, 3.8) is 0 Å². The van der Waals surface area contributed by atoms with Crippen LogP contribution in [-0.4, -0.2) is 52.3 Å². The first-order chi connectivity index (χ1) is 14.2. The summed E-state index contributed by atoms with van der Waals surface area (Å²) in [4.78, 5) is 17.4. The number of aryl methyl sites for hydroxylation is 1. The number of nitrogens with zero attached hydrogens (tertiary/aromatic N) is 3. The summed E-state index contributed by atoms with van der Waals surface area (Å²) in [5, 5.41) is 9.41. The predicted molar refractivity (Wildman–Crippen MR) is 110 cm³/mol. The molecule has 1 fully saturated rings. The standard InChI is InChI=1S/C22H28N4O3/c1-26(12-11-17-6-4-5-13-28-17)22(27)10-9-20-24-25-21(29-20)14-16-15-23-19-8-3-2-7-18(16)19/h2-3,7-8,15,17,23H,4-6,9-14H2,1H3/t17-/m1/s1. The minimum atomic E-state index is 0.0946. The molecule has 0 aliphatic carbocycles. The van der Waals surface area contributed by atoms with Crippen molar-refractivity contribution in [1.82, 2.24) is 20.1 Å². The molecule has 0 saturated carbocycles. The van der Waals surface area contributed by atoms with Crippen molar-refractivity contribution in [1.29, 1.82) is 0 Å². The van der Waals surface area contributed by atoms with E-state index < -0.39 is 0 Å². The largest absolute Gasteiger partial charge is 0.425 e. The summed E-state index contributed by atoms with van der Waals surface area (Å²) in [5.74, 6) is 1.18. The number of nitrogens with one attached hydrogen (secondary N) is 1. The molecular weight excluding hydrogens is 368 g/mol. The van der Waals surface area contributed by atoms with Crippen LogP contribution in [0.3, 0.4) is 0 Å². The highest BCUT2D eigenvalue weighted by Gasteiger charge is 2.17. The topological polar surface area (TPSA) is 84.2 Å². The summed E-state index contributed by atoms with van der Waals surface area (Å²) in [7, 11) is 1.85. The van der Waals surface area contributed by atoms with Crippen molar-refractivity contribution >= 4 is 16.8 Å². The van der Waals surface area contributed by atoms with Crippen molar-refractivity contribution < 1.29 is 13.9 Å². The summed E-state index contributed by atoms with van der Waals surface area (Å²) in [5.41, 5.74) is 2.21. The zero-order valence-corrected chi connectivity index (χ0v) is 16.9. The van der Waals surface area contributed by atoms with Crippen LogP contribution in [0, 0.1) is 0 Å². The van der Waals surface area contributed by atoms with Gasteiger partial charge in [-0.2, -0.15) is 0 Å². The number of aromatic nitrogens is 3. The lowest BCUT2D eigenvalue weighted by Gasteiger charge is -2.25. The Morgan fingerprint density at radius 2 is 2.10 bits per heavy atom. The molecule has 2 aromatic heterocycles. The number of aromatic amines is 1. The number of benzene rings is 1. The third-order valence-corrected chi connectivity index (χ3v) is 5.56. The maximum atomic E-state index is 12.4. The Kier molecular flexibility index (Phi) is 6.24. The van der Waals surface area contributed by atoms with Gasteiger partial charge < -0.3 is 19.0 Å². The van der Waals surface area contributed by atoms with E-state index in [1.54, 1.807) is 4.90 Å². The van der Waals surface area contributed by atoms with Crippen LogP contribution < -0.4 is 0 Å². The van der Waals surface area contributed by atoms with Gasteiger partial charge in [-0.15, -0.1) is 10.2 Å². The monoisotopic (exact) mass is 396 g/mol. The van der Waals surface area contributed by atoms with E-state index in [1.807, 2.05) is 31.4 Å². The minimum absolute atomic E-state index is 0.0946. The normalized spacial score (nSPS) is 16.9. The van der Waals surface area contributed by atoms with Crippen LogP contribution in [0.25, 0.3) is 10.9 Å². The molecule has 7 nitrogen and oxygen atoms in total. The predicted octanol–water partition coefficient (Wildman–Crippen LogP) is 3.49. The van der Waals surface area contributed by atoms with Crippen molar-refractivity contribution in [3.8, 4) is 0 Å². The quantitative estimate of drug-likeness (QED) is 0.630. The molecule has 0 bridgehead atoms. The van der Waals surface area contributed by atoms with Gasteiger partial charge in [0, 0.05) is 50.1 Å². The van der Waals surface area contributed by atoms with Gasteiger partial charge in [-0.1, -0.05) is 18.2 Å². The van der Waals surface area contributed by atoms with E-state index in [4.69, 9.17) is 9.15 Å². The molecule has 1 saturated heterocycles. The van der Waals surface area contributed by atoms with Crippen LogP contribution in [0.15, 0.2) is 34.9 Å². The Balaban J connectivity index is 1.25. The molecule has 4 rings (SSSR count). The Morgan fingerprint density at radius 1 is 1.24 bits per heavy atom. The third-order valence-electron chi connectivity index (χ3n) is 5.56. The Labute approximate surface area is 170 Å². The number of fused-ring (bicyclic) bond motifs is 1. The van der Waals surface area contributed by atoms with Gasteiger partial charge in [0.25, 0.3) is 0 Å². The Hall–Kier alpha value is -2.67. The number of H-pyrrole nitrogens is 1. The van der Waals surface area contributed by atoms with E-state index in [1.165, 1.54) is 6.42 Å². The molecule has 0 spiro atoms. The van der Waals surface area contributed by atoms with Crippen LogP contribution in [0.1, 0.15) is 49.4 Å². The van der Waals surface area contributed by atoms with Crippen molar-refractivity contribution in [3.05, 3.63) is 47.8 Å². The average Bonchev–Trinajstić information content (AvgIpc) is 3.38. The summed E-state index contributed by atoms with van der Waals surface area (Å²) < 4.78 is 11.5. The summed E-state index contributed by atoms with van der Waals surface area (Å²) in [6.45, 7) is 1.57. The first kappa shape index (κ1) is 19.6. The number of rotatable bonds is 8. The number of para-hydroxylation sites is 1. The second kappa shape index (κ2) is 9.22. The third kappa shape index (κ3) is 5.03. The number of carbonyl (C=O) groups excluding carboxylic acids is 1. The lowest BCUT2D eigenvalue weighted by molar-refractivity contribution is -0.130. The zero-order valence-electron chi connectivity index (χ0n) is 16.9. The molecule has 1 N–H and O–H groups in total. The highest BCUT2D eigenvalue weighted by Crippen LogP contribution is 2.20. The van der Waals surface area contributed by atoms with Gasteiger partial charge >= 0.3 is 0 Å². The maximum absolute atomic E-state index is 12.4. The second-order valence-corrected chi connectivity index (χ2v) is 7.72. The van der Waals surface area contributed by atoms with Crippen molar-refractivity contribution in [2.45, 2.75) is 51.0 Å². The summed E-state index contributed by atoms with van der Waals surface area (Å²) in [6.07, 6.45) is 8.05. The molecule has 1 aromatic carbocycles. The van der Waals surface area contributed by atoms with Gasteiger partial charge in [0.15, 0.2) is 0 Å². The molecule has 0 unspecified atom stereocenters. The molecular formula is C22H28N4O3. The van der Waals surface area contributed by atoms with E-state index in [0.29, 0.717) is 37.1 Å². The van der Waals surface area contributed by atoms with E-state index >= 15 is 0 Å². The van der Waals surface area contributed by atoms with E-state index in [9.17, 15) is 4.79 Å². The van der Waals surface area contributed by atoms with Crippen LogP contribution in [0.4, 0.5) is 0 Å². The van der Waals surface area contributed by atoms with Crippen LogP contribution in [0.5, 0.6) is 0 Å². The summed E-state index contributed by atoms with van der Waals surface area (Å²) in [6, 6.07) is 8.14. The Bertz CT molecular complexity index is 942. The molecule has 7 heteroatoms. The zero-order chi connectivity index (χ0) is 20.1. The van der Waals surface area contributed by atoms with Gasteiger partial charge in [-0.3, -0.25) is 4.79 Å². The lowest BCUT2D eigenvalue weighted by Crippen LogP contribution is -2.31. The number of hydrogen-bond acceptors (Lipinski definition) is 5. The number of carbonyl (C=O) groups is 1. The molecule has 3 aromatic rings. The minimum Gasteiger partial charge on any atom is -0.425 e. The van der Waals surface area contributed by atoms with Crippen LogP contribution in [-0.2, 0) is 22.4 Å². The smallest absolute Gasteiger partial charge is 0.222 e. The highest BCUT2D eigenvalue weighted by molar-refractivity contribution is 5.83. The molecule has 1 amide bonds.